The SMILES string of the molecule is CCCC(CN1C[C@H](C#N)C[C@@H]1C(=O)OC(C)(C)C)C(C)NC(C)=O. The Labute approximate surface area is 151 Å². The molecule has 4 atom stereocenters. The molecule has 0 saturated carbocycles. The molecule has 1 fully saturated rings. The molecule has 6 nitrogen and oxygen atoms in total. The van der Waals surface area contributed by atoms with Crippen LogP contribution in [0.4, 0.5) is 0 Å². The Morgan fingerprint density at radius 3 is 2.52 bits per heavy atom. The number of hydrogen-bond donors (Lipinski definition) is 1. The predicted octanol–water partition coefficient (Wildman–Crippen LogP) is 2.48. The maximum atomic E-state index is 12.6. The van der Waals surface area contributed by atoms with Gasteiger partial charge in [-0.1, -0.05) is 13.3 Å². The van der Waals surface area contributed by atoms with Gasteiger partial charge in [-0.15, -0.1) is 0 Å². The van der Waals surface area contributed by atoms with Crippen LogP contribution in [0.2, 0.25) is 0 Å². The summed E-state index contributed by atoms with van der Waals surface area (Å²) in [5, 5.41) is 12.3. The number of nitrogens with one attached hydrogen (secondary N) is 1. The normalized spacial score (nSPS) is 23.6. The fourth-order valence-corrected chi connectivity index (χ4v) is 3.42. The number of nitrogens with zero attached hydrogens (tertiary/aromatic N) is 2. The van der Waals surface area contributed by atoms with Crippen LogP contribution in [0, 0.1) is 23.2 Å². The van der Waals surface area contributed by atoms with Gasteiger partial charge in [0, 0.05) is 26.1 Å². The first-order chi connectivity index (χ1) is 11.6. The minimum atomic E-state index is -0.542. The van der Waals surface area contributed by atoms with Gasteiger partial charge in [-0.05, 0) is 46.5 Å². The van der Waals surface area contributed by atoms with Crippen molar-refractivity contribution >= 4 is 11.9 Å². The summed E-state index contributed by atoms with van der Waals surface area (Å²) in [6.07, 6.45) is 2.47. The second-order valence-corrected chi connectivity index (χ2v) is 8.10. The lowest BCUT2D eigenvalue weighted by molar-refractivity contribution is -0.160. The fourth-order valence-electron chi connectivity index (χ4n) is 3.42. The van der Waals surface area contributed by atoms with E-state index in [0.717, 1.165) is 12.8 Å². The molecular weight excluding hydrogens is 318 g/mol. The second kappa shape index (κ2) is 9.19. The van der Waals surface area contributed by atoms with Crippen LogP contribution in [-0.4, -0.2) is 47.6 Å². The molecule has 0 radical (unpaired) electrons. The molecule has 25 heavy (non-hydrogen) atoms. The van der Waals surface area contributed by atoms with Crippen molar-refractivity contribution in [3.63, 3.8) is 0 Å². The minimum Gasteiger partial charge on any atom is -0.459 e. The molecule has 0 aliphatic carbocycles. The van der Waals surface area contributed by atoms with Crippen LogP contribution in [0.25, 0.3) is 0 Å². The van der Waals surface area contributed by atoms with Gasteiger partial charge in [-0.2, -0.15) is 5.26 Å². The van der Waals surface area contributed by atoms with Crippen LogP contribution in [0.3, 0.4) is 0 Å². The highest BCUT2D eigenvalue weighted by atomic mass is 16.6. The first-order valence-corrected chi connectivity index (χ1v) is 9.21. The molecule has 0 aromatic heterocycles. The molecule has 1 amide bonds. The van der Waals surface area contributed by atoms with E-state index >= 15 is 0 Å². The van der Waals surface area contributed by atoms with Crippen LogP contribution in [0.15, 0.2) is 0 Å². The van der Waals surface area contributed by atoms with Crippen LogP contribution in [-0.2, 0) is 14.3 Å². The Hall–Kier alpha value is -1.61. The molecule has 0 aromatic rings. The van der Waals surface area contributed by atoms with Gasteiger partial charge >= 0.3 is 5.97 Å². The average molecular weight is 351 g/mol. The standard InChI is InChI=1S/C19H33N3O3/c1-7-8-16(13(2)21-14(3)23)12-22-11-15(10-20)9-17(22)18(24)25-19(4,5)6/h13,15-17H,7-9,11-12H2,1-6H3,(H,21,23)/t13?,15-,16?,17+/m0/s1. The Bertz CT molecular complexity index is 507. The quantitative estimate of drug-likeness (QED) is 0.713. The Morgan fingerprint density at radius 1 is 1.40 bits per heavy atom. The van der Waals surface area contributed by atoms with Gasteiger partial charge in [0.1, 0.15) is 11.6 Å². The maximum Gasteiger partial charge on any atom is 0.323 e. The predicted molar refractivity (Wildman–Crippen MR) is 96.6 cm³/mol. The second-order valence-electron chi connectivity index (χ2n) is 8.10. The number of amides is 1. The molecule has 0 spiro atoms. The Balaban J connectivity index is 2.86. The van der Waals surface area contributed by atoms with Crippen molar-refractivity contribution in [2.45, 2.75) is 78.5 Å². The summed E-state index contributed by atoms with van der Waals surface area (Å²) in [6.45, 7) is 12.4. The molecule has 1 saturated heterocycles. The van der Waals surface area contributed by atoms with Crippen molar-refractivity contribution in [3.05, 3.63) is 0 Å². The summed E-state index contributed by atoms with van der Waals surface area (Å²) in [4.78, 5) is 26.0. The van der Waals surface area contributed by atoms with Gasteiger partial charge in [0.25, 0.3) is 0 Å². The monoisotopic (exact) mass is 351 g/mol. The molecule has 0 bridgehead atoms. The third kappa shape index (κ3) is 7.03. The molecule has 1 rings (SSSR count). The van der Waals surface area contributed by atoms with E-state index in [4.69, 9.17) is 4.74 Å². The molecule has 142 valence electrons. The molecular formula is C19H33N3O3. The van der Waals surface area contributed by atoms with E-state index in [1.807, 2.05) is 27.7 Å². The number of carbonyl (C=O) groups is 2. The van der Waals surface area contributed by atoms with Gasteiger partial charge in [0.2, 0.25) is 5.91 Å². The number of esters is 1. The van der Waals surface area contributed by atoms with Gasteiger partial charge in [-0.3, -0.25) is 14.5 Å². The van der Waals surface area contributed by atoms with E-state index in [9.17, 15) is 14.9 Å². The van der Waals surface area contributed by atoms with Crippen molar-refractivity contribution in [2.24, 2.45) is 11.8 Å². The fraction of sp³-hybridized carbons (Fsp3) is 0.842. The zero-order chi connectivity index (χ0) is 19.2. The van der Waals surface area contributed by atoms with E-state index in [-0.39, 0.29) is 35.8 Å². The maximum absolute atomic E-state index is 12.6. The first kappa shape index (κ1) is 21.4. The summed E-state index contributed by atoms with van der Waals surface area (Å²) in [6, 6.07) is 1.93. The van der Waals surface area contributed by atoms with Gasteiger partial charge < -0.3 is 10.1 Å². The lowest BCUT2D eigenvalue weighted by Crippen LogP contribution is -2.46. The van der Waals surface area contributed by atoms with Crippen LogP contribution < -0.4 is 5.32 Å². The largest absolute Gasteiger partial charge is 0.459 e. The summed E-state index contributed by atoms with van der Waals surface area (Å²) in [5.41, 5.74) is -0.542. The van der Waals surface area contributed by atoms with Gasteiger partial charge in [-0.25, -0.2) is 0 Å². The molecule has 6 heteroatoms. The molecule has 1 aliphatic rings. The summed E-state index contributed by atoms with van der Waals surface area (Å²) in [7, 11) is 0. The average Bonchev–Trinajstić information content (AvgIpc) is 2.87. The Kier molecular flexibility index (Phi) is 7.88. The van der Waals surface area contributed by atoms with Crippen molar-refractivity contribution in [3.8, 4) is 6.07 Å². The van der Waals surface area contributed by atoms with E-state index in [1.54, 1.807) is 0 Å². The zero-order valence-corrected chi connectivity index (χ0v) is 16.5. The molecule has 1 N–H and O–H groups in total. The van der Waals surface area contributed by atoms with E-state index in [1.165, 1.54) is 6.92 Å². The minimum absolute atomic E-state index is 0.0258. The molecule has 1 heterocycles. The Morgan fingerprint density at radius 2 is 2.04 bits per heavy atom. The highest BCUT2D eigenvalue weighted by molar-refractivity contribution is 5.76. The number of nitriles is 1. The number of rotatable bonds is 7. The smallest absolute Gasteiger partial charge is 0.323 e. The molecule has 1 aliphatic heterocycles. The van der Waals surface area contributed by atoms with Crippen molar-refractivity contribution in [1.82, 2.24) is 10.2 Å². The third-order valence-corrected chi connectivity index (χ3v) is 4.53. The highest BCUT2D eigenvalue weighted by Crippen LogP contribution is 2.28. The van der Waals surface area contributed by atoms with Crippen molar-refractivity contribution in [2.75, 3.05) is 13.1 Å². The highest BCUT2D eigenvalue weighted by Gasteiger charge is 2.40. The summed E-state index contributed by atoms with van der Waals surface area (Å²) < 4.78 is 5.55. The third-order valence-electron chi connectivity index (χ3n) is 4.53. The number of hydrogen-bond acceptors (Lipinski definition) is 5. The first-order valence-electron chi connectivity index (χ1n) is 9.21. The molecule has 2 unspecified atom stereocenters. The topological polar surface area (TPSA) is 82.4 Å². The zero-order valence-electron chi connectivity index (χ0n) is 16.5. The van der Waals surface area contributed by atoms with Gasteiger partial charge in [0.15, 0.2) is 0 Å². The van der Waals surface area contributed by atoms with E-state index in [0.29, 0.717) is 19.5 Å². The van der Waals surface area contributed by atoms with E-state index < -0.39 is 5.60 Å². The number of likely N-dealkylation sites (tertiary alicyclic amines) is 1. The van der Waals surface area contributed by atoms with Crippen LogP contribution >= 0.6 is 0 Å². The van der Waals surface area contributed by atoms with Gasteiger partial charge in [0.05, 0.1) is 12.0 Å². The van der Waals surface area contributed by atoms with E-state index in [2.05, 4.69) is 23.2 Å². The van der Waals surface area contributed by atoms with Crippen molar-refractivity contribution < 1.29 is 14.3 Å². The van der Waals surface area contributed by atoms with Crippen LogP contribution in [0.5, 0.6) is 0 Å². The van der Waals surface area contributed by atoms with Crippen molar-refractivity contribution in [1.29, 1.82) is 5.26 Å². The lowest BCUT2D eigenvalue weighted by Gasteiger charge is -2.32. The molecule has 0 aromatic carbocycles. The van der Waals surface area contributed by atoms with Crippen LogP contribution in [0.1, 0.15) is 60.8 Å². The number of carbonyl (C=O) groups excluding carboxylic acids is 2. The summed E-state index contributed by atoms with van der Waals surface area (Å²) in [5.74, 6) is -0.228. The lowest BCUT2D eigenvalue weighted by atomic mass is 9.95. The summed E-state index contributed by atoms with van der Waals surface area (Å²) >= 11 is 0. The number of ether oxygens (including phenoxy) is 1.